The van der Waals surface area contributed by atoms with Gasteiger partial charge in [0.05, 0.1) is 22.7 Å². The van der Waals surface area contributed by atoms with Crippen molar-refractivity contribution in [3.8, 4) is 0 Å². The van der Waals surface area contributed by atoms with E-state index in [1.54, 1.807) is 13.0 Å². The number of nitrogens with zero attached hydrogens (tertiary/aromatic N) is 4. The number of hydrogen-bond donors (Lipinski definition) is 1. The monoisotopic (exact) mass is 432 g/mol. The molecule has 4 rings (SSSR count). The molecule has 1 saturated heterocycles. The van der Waals surface area contributed by atoms with E-state index >= 15 is 0 Å². The van der Waals surface area contributed by atoms with Crippen LogP contribution >= 0.6 is 11.6 Å². The first-order valence-electron chi connectivity index (χ1n) is 10.3. The highest BCUT2D eigenvalue weighted by atomic mass is 35.5. The SMILES string of the molecule is CC(C(=O)N1CCN(c2ncnc3c2[C@H](C)CC3O)[C@@H](C)C1)c1ccc(Cl)c(F)c1. The van der Waals surface area contributed by atoms with Crippen LogP contribution in [0.25, 0.3) is 0 Å². The topological polar surface area (TPSA) is 69.6 Å². The van der Waals surface area contributed by atoms with E-state index in [0.717, 1.165) is 17.1 Å². The van der Waals surface area contributed by atoms with Crippen LogP contribution in [0.5, 0.6) is 0 Å². The molecule has 8 heteroatoms. The Morgan fingerprint density at radius 1 is 1.30 bits per heavy atom. The maximum atomic E-state index is 13.8. The maximum Gasteiger partial charge on any atom is 0.229 e. The van der Waals surface area contributed by atoms with Crippen molar-refractivity contribution in [1.29, 1.82) is 0 Å². The Labute approximate surface area is 180 Å². The summed E-state index contributed by atoms with van der Waals surface area (Å²) in [6, 6.07) is 4.58. The van der Waals surface area contributed by atoms with Gasteiger partial charge < -0.3 is 14.9 Å². The summed E-state index contributed by atoms with van der Waals surface area (Å²) in [5, 5.41) is 10.3. The second-order valence-electron chi connectivity index (χ2n) is 8.37. The third-order valence-corrected chi connectivity index (χ3v) is 6.61. The van der Waals surface area contributed by atoms with Gasteiger partial charge in [-0.15, -0.1) is 0 Å². The van der Waals surface area contributed by atoms with Gasteiger partial charge >= 0.3 is 0 Å². The number of rotatable bonds is 3. The minimum Gasteiger partial charge on any atom is -0.387 e. The number of hydrogen-bond acceptors (Lipinski definition) is 5. The van der Waals surface area contributed by atoms with Crippen molar-refractivity contribution in [2.45, 2.75) is 51.2 Å². The molecule has 0 bridgehead atoms. The molecule has 4 atom stereocenters. The average Bonchev–Trinajstić information content (AvgIpc) is 3.03. The number of benzene rings is 1. The molecular weight excluding hydrogens is 407 g/mol. The maximum absolute atomic E-state index is 13.8. The fourth-order valence-corrected chi connectivity index (χ4v) is 4.72. The lowest BCUT2D eigenvalue weighted by Gasteiger charge is -2.42. The fourth-order valence-electron chi connectivity index (χ4n) is 4.60. The number of carbonyl (C=O) groups is 1. The van der Waals surface area contributed by atoms with Crippen LogP contribution < -0.4 is 4.90 Å². The van der Waals surface area contributed by atoms with Gasteiger partial charge in [0.15, 0.2) is 0 Å². The van der Waals surface area contributed by atoms with Crippen molar-refractivity contribution in [2.24, 2.45) is 0 Å². The fraction of sp³-hybridized carbons (Fsp3) is 0.500. The number of fused-ring (bicyclic) bond motifs is 1. The van der Waals surface area contributed by atoms with Crippen molar-refractivity contribution < 1.29 is 14.3 Å². The zero-order valence-electron chi connectivity index (χ0n) is 17.3. The molecule has 1 aromatic carbocycles. The quantitative estimate of drug-likeness (QED) is 0.801. The highest BCUT2D eigenvalue weighted by molar-refractivity contribution is 6.30. The molecule has 160 valence electrons. The van der Waals surface area contributed by atoms with Gasteiger partial charge in [0, 0.05) is 31.2 Å². The van der Waals surface area contributed by atoms with Crippen LogP contribution in [0.4, 0.5) is 10.2 Å². The Bertz CT molecular complexity index is 972. The van der Waals surface area contributed by atoms with Gasteiger partial charge in [-0.1, -0.05) is 24.6 Å². The summed E-state index contributed by atoms with van der Waals surface area (Å²) >= 11 is 5.76. The zero-order chi connectivity index (χ0) is 21.6. The van der Waals surface area contributed by atoms with Crippen LogP contribution in [-0.2, 0) is 4.79 Å². The van der Waals surface area contributed by atoms with Gasteiger partial charge in [-0.05, 0) is 43.9 Å². The Morgan fingerprint density at radius 3 is 2.77 bits per heavy atom. The molecule has 30 heavy (non-hydrogen) atoms. The summed E-state index contributed by atoms with van der Waals surface area (Å²) < 4.78 is 13.8. The molecule has 2 aliphatic rings. The number of amides is 1. The summed E-state index contributed by atoms with van der Waals surface area (Å²) in [5.41, 5.74) is 2.35. The van der Waals surface area contributed by atoms with E-state index in [2.05, 4.69) is 28.7 Å². The van der Waals surface area contributed by atoms with Gasteiger partial charge in [-0.2, -0.15) is 0 Å². The predicted octanol–water partition coefficient (Wildman–Crippen LogP) is 3.65. The van der Waals surface area contributed by atoms with E-state index in [1.807, 2.05) is 4.90 Å². The summed E-state index contributed by atoms with van der Waals surface area (Å²) in [7, 11) is 0. The first-order valence-corrected chi connectivity index (χ1v) is 10.7. The smallest absolute Gasteiger partial charge is 0.229 e. The summed E-state index contributed by atoms with van der Waals surface area (Å²) in [6.45, 7) is 7.69. The number of aliphatic hydroxyl groups excluding tert-OH is 1. The lowest BCUT2D eigenvalue weighted by atomic mass is 9.98. The van der Waals surface area contributed by atoms with Gasteiger partial charge in [0.25, 0.3) is 0 Å². The van der Waals surface area contributed by atoms with E-state index in [4.69, 9.17) is 11.6 Å². The molecule has 2 unspecified atom stereocenters. The lowest BCUT2D eigenvalue weighted by molar-refractivity contribution is -0.133. The summed E-state index contributed by atoms with van der Waals surface area (Å²) in [6.07, 6.45) is 1.62. The molecule has 1 aliphatic heterocycles. The number of aromatic nitrogens is 2. The second-order valence-corrected chi connectivity index (χ2v) is 8.78. The standard InChI is InChI=1S/C22H26ClFN4O2/c1-12-8-18(29)20-19(12)21(26-11-25-20)28-7-6-27(10-13(28)2)22(30)14(3)15-4-5-16(23)17(24)9-15/h4-5,9,11-14,18,29H,6-8,10H2,1-3H3/t12-,13+,14?,18?/m1/s1. The molecule has 2 aromatic rings. The van der Waals surface area contributed by atoms with E-state index in [1.165, 1.54) is 18.5 Å². The van der Waals surface area contributed by atoms with Gasteiger partial charge in [-0.25, -0.2) is 14.4 Å². The number of carbonyl (C=O) groups excluding carboxylic acids is 1. The van der Waals surface area contributed by atoms with E-state index in [9.17, 15) is 14.3 Å². The molecule has 1 aliphatic carbocycles. The van der Waals surface area contributed by atoms with E-state index < -0.39 is 17.8 Å². The molecule has 1 amide bonds. The van der Waals surface area contributed by atoms with Crippen molar-refractivity contribution in [2.75, 3.05) is 24.5 Å². The highest BCUT2D eigenvalue weighted by Crippen LogP contribution is 2.43. The van der Waals surface area contributed by atoms with E-state index in [0.29, 0.717) is 31.6 Å². The zero-order valence-corrected chi connectivity index (χ0v) is 18.1. The Morgan fingerprint density at radius 2 is 2.07 bits per heavy atom. The molecule has 0 radical (unpaired) electrons. The van der Waals surface area contributed by atoms with Crippen LogP contribution in [0.1, 0.15) is 62.0 Å². The van der Waals surface area contributed by atoms with Crippen molar-refractivity contribution in [3.63, 3.8) is 0 Å². The lowest BCUT2D eigenvalue weighted by Crippen LogP contribution is -2.55. The van der Waals surface area contributed by atoms with Crippen molar-refractivity contribution in [1.82, 2.24) is 14.9 Å². The molecule has 1 N–H and O–H groups in total. The molecule has 1 fully saturated rings. The summed E-state index contributed by atoms with van der Waals surface area (Å²) in [4.78, 5) is 25.9. The molecule has 0 spiro atoms. The van der Waals surface area contributed by atoms with Crippen LogP contribution in [0.2, 0.25) is 5.02 Å². The highest BCUT2D eigenvalue weighted by Gasteiger charge is 2.36. The minimum absolute atomic E-state index is 0.0278. The van der Waals surface area contributed by atoms with Gasteiger partial charge in [0.1, 0.15) is 18.0 Å². The third-order valence-electron chi connectivity index (χ3n) is 6.30. The van der Waals surface area contributed by atoms with Crippen molar-refractivity contribution in [3.05, 3.63) is 52.2 Å². The molecular formula is C22H26ClFN4O2. The Hall–Kier alpha value is -2.25. The summed E-state index contributed by atoms with van der Waals surface area (Å²) in [5.74, 6) is 0.0594. The first-order chi connectivity index (χ1) is 14.3. The molecule has 1 aromatic heterocycles. The van der Waals surface area contributed by atoms with Crippen LogP contribution in [-0.4, -0.2) is 51.6 Å². The number of anilines is 1. The Balaban J connectivity index is 1.50. The van der Waals surface area contributed by atoms with Crippen LogP contribution in [0.15, 0.2) is 24.5 Å². The number of aliphatic hydroxyl groups is 1. The normalized spacial score (nSPS) is 24.7. The molecule has 2 heterocycles. The first kappa shape index (κ1) is 21.0. The Kier molecular flexibility index (Phi) is 5.68. The van der Waals surface area contributed by atoms with Crippen molar-refractivity contribution >= 4 is 23.3 Å². The number of halogens is 2. The van der Waals surface area contributed by atoms with E-state index in [-0.39, 0.29) is 22.9 Å². The van der Waals surface area contributed by atoms with Gasteiger partial charge in [-0.3, -0.25) is 4.79 Å². The number of piperazine rings is 1. The molecule has 6 nitrogen and oxygen atoms in total. The minimum atomic E-state index is -0.546. The van der Waals surface area contributed by atoms with Crippen LogP contribution in [0, 0.1) is 5.82 Å². The van der Waals surface area contributed by atoms with Crippen LogP contribution in [0.3, 0.4) is 0 Å². The molecule has 0 saturated carbocycles. The second kappa shape index (κ2) is 8.12. The predicted molar refractivity (Wildman–Crippen MR) is 113 cm³/mol. The van der Waals surface area contributed by atoms with Gasteiger partial charge in [0.2, 0.25) is 5.91 Å². The largest absolute Gasteiger partial charge is 0.387 e. The average molecular weight is 433 g/mol. The third kappa shape index (κ3) is 3.65.